The van der Waals surface area contributed by atoms with Crippen LogP contribution in [0.15, 0.2) is 24.3 Å². The quantitative estimate of drug-likeness (QED) is 0.0744. The first kappa shape index (κ1) is 37.5. The Balaban J connectivity index is 2.26. The Labute approximate surface area is 258 Å². The molecular weight excluding hydrogens is 576 g/mol. The van der Waals surface area contributed by atoms with Crippen LogP contribution in [0.4, 0.5) is 5.69 Å². The topological polar surface area (TPSA) is 202 Å². The van der Waals surface area contributed by atoms with Gasteiger partial charge >= 0.3 is 11.9 Å². The van der Waals surface area contributed by atoms with Gasteiger partial charge in [0.05, 0.1) is 26.3 Å². The number of carboxylic acids is 2. The van der Waals surface area contributed by atoms with E-state index < -0.39 is 11.9 Å². The predicted octanol–water partition coefficient (Wildman–Crippen LogP) is 0.425. The van der Waals surface area contributed by atoms with Gasteiger partial charge in [0.2, 0.25) is 5.91 Å². The second-order valence-corrected chi connectivity index (χ2v) is 11.0. The maximum atomic E-state index is 12.3. The molecule has 1 aromatic carbocycles. The maximum Gasteiger partial charge on any atom is 0.317 e. The van der Waals surface area contributed by atoms with Crippen LogP contribution in [0.1, 0.15) is 31.2 Å². The number of benzene rings is 1. The van der Waals surface area contributed by atoms with Crippen molar-refractivity contribution in [2.24, 2.45) is 5.73 Å². The van der Waals surface area contributed by atoms with Crippen molar-refractivity contribution >= 4 is 23.5 Å². The molecule has 1 amide bonds. The predicted molar refractivity (Wildman–Crippen MR) is 163 cm³/mol. The number of carbonyl (C=O) groups excluding carboxylic acids is 1. The zero-order chi connectivity index (χ0) is 32.2. The molecule has 1 saturated heterocycles. The molecule has 7 N–H and O–H groups in total. The van der Waals surface area contributed by atoms with Gasteiger partial charge in [0.1, 0.15) is 0 Å². The number of rotatable bonds is 18. The van der Waals surface area contributed by atoms with Crippen LogP contribution in [0.25, 0.3) is 0 Å². The minimum Gasteiger partial charge on any atom is -0.480 e. The summed E-state index contributed by atoms with van der Waals surface area (Å²) in [6.45, 7) is 4.50. The smallest absolute Gasteiger partial charge is 0.317 e. The average Bonchev–Trinajstić information content (AvgIpc) is 2.98. The Kier molecular flexibility index (Phi) is 18.6. The summed E-state index contributed by atoms with van der Waals surface area (Å²) in [6, 6.07) is 7.08. The molecule has 2 rings (SSSR count). The Hall–Kier alpha value is -2.73. The van der Waals surface area contributed by atoms with E-state index in [1.807, 2.05) is 34.1 Å². The van der Waals surface area contributed by atoms with Crippen LogP contribution in [0.5, 0.6) is 0 Å². The second-order valence-electron chi connectivity index (χ2n) is 11.0. The zero-order valence-corrected chi connectivity index (χ0v) is 25.5. The lowest BCUT2D eigenvalue weighted by Crippen LogP contribution is -2.53. The van der Waals surface area contributed by atoms with Crippen molar-refractivity contribution in [2.45, 2.75) is 38.1 Å². The number of nitrogens with one attached hydrogen (secondary N) is 1. The molecule has 1 aromatic rings. The third-order valence-electron chi connectivity index (χ3n) is 7.67. The molecule has 1 atom stereocenters. The summed E-state index contributed by atoms with van der Waals surface area (Å²) in [5.74, 6) is -2.04. The summed E-state index contributed by atoms with van der Waals surface area (Å²) in [7, 11) is 0. The van der Waals surface area contributed by atoms with Crippen LogP contribution in [-0.2, 0) is 30.6 Å². The SMILES string of the molecule is NCCCCCC(=O)Nc1ccc(CC2CN(CC(=O)O)CCN(CCOO)CCN(CCOO)CCN2CC(=O)O)cc1. The van der Waals surface area contributed by atoms with E-state index in [4.69, 9.17) is 16.2 Å². The van der Waals surface area contributed by atoms with E-state index in [1.165, 1.54) is 0 Å². The van der Waals surface area contributed by atoms with Gasteiger partial charge in [-0.15, -0.1) is 0 Å². The van der Waals surface area contributed by atoms with Crippen molar-refractivity contribution in [2.75, 3.05) is 97.1 Å². The molecule has 1 unspecified atom stereocenters. The van der Waals surface area contributed by atoms with Crippen LogP contribution in [0.2, 0.25) is 0 Å². The number of hydrogen-bond acceptors (Lipinski definition) is 12. The van der Waals surface area contributed by atoms with Crippen LogP contribution in [-0.4, -0.2) is 156 Å². The molecule has 15 heteroatoms. The monoisotopic (exact) mass is 626 g/mol. The van der Waals surface area contributed by atoms with E-state index in [2.05, 4.69) is 24.9 Å². The highest BCUT2D eigenvalue weighted by Gasteiger charge is 2.27. The summed E-state index contributed by atoms with van der Waals surface area (Å²) >= 11 is 0. The van der Waals surface area contributed by atoms with Gasteiger partial charge in [0, 0.05) is 77.1 Å². The Morgan fingerprint density at radius 1 is 0.795 bits per heavy atom. The first-order valence-corrected chi connectivity index (χ1v) is 15.2. The van der Waals surface area contributed by atoms with Crippen molar-refractivity contribution in [3.63, 3.8) is 0 Å². The van der Waals surface area contributed by atoms with Crippen LogP contribution >= 0.6 is 0 Å². The number of nitrogens with two attached hydrogens (primary N) is 1. The first-order valence-electron chi connectivity index (χ1n) is 15.2. The second kappa shape index (κ2) is 21.9. The molecular formula is C29H50N6O9. The number of nitrogens with zero attached hydrogens (tertiary/aromatic N) is 4. The Morgan fingerprint density at radius 2 is 1.36 bits per heavy atom. The lowest BCUT2D eigenvalue weighted by Gasteiger charge is -2.38. The molecule has 250 valence electrons. The number of carboxylic acid groups (broad SMARTS) is 2. The van der Waals surface area contributed by atoms with E-state index in [-0.39, 0.29) is 38.3 Å². The zero-order valence-electron chi connectivity index (χ0n) is 25.5. The summed E-state index contributed by atoms with van der Waals surface area (Å²) in [5, 5.41) is 40.2. The molecule has 0 aliphatic carbocycles. The average molecular weight is 627 g/mol. The lowest BCUT2D eigenvalue weighted by molar-refractivity contribution is -0.245. The Morgan fingerprint density at radius 3 is 1.91 bits per heavy atom. The molecule has 0 bridgehead atoms. The highest BCUT2D eigenvalue weighted by atomic mass is 17.1. The molecule has 0 saturated carbocycles. The summed E-state index contributed by atoms with van der Waals surface area (Å²) in [4.78, 5) is 52.4. The number of aliphatic carboxylic acids is 2. The maximum absolute atomic E-state index is 12.3. The van der Waals surface area contributed by atoms with E-state index >= 15 is 0 Å². The van der Waals surface area contributed by atoms with E-state index in [0.29, 0.717) is 84.0 Å². The van der Waals surface area contributed by atoms with Gasteiger partial charge in [-0.2, -0.15) is 0 Å². The number of hydrogen-bond donors (Lipinski definition) is 6. The molecule has 1 aliphatic rings. The fraction of sp³-hybridized carbons (Fsp3) is 0.690. The minimum atomic E-state index is -0.989. The van der Waals surface area contributed by atoms with Gasteiger partial charge in [-0.3, -0.25) is 44.5 Å². The van der Waals surface area contributed by atoms with Gasteiger partial charge in [-0.25, -0.2) is 9.78 Å². The summed E-state index contributed by atoms with van der Waals surface area (Å²) in [5.41, 5.74) is 7.09. The Bertz CT molecular complexity index is 971. The molecule has 44 heavy (non-hydrogen) atoms. The van der Waals surface area contributed by atoms with E-state index in [1.54, 1.807) is 0 Å². The third kappa shape index (κ3) is 15.8. The number of unbranched alkanes of at least 4 members (excludes halogenated alkanes) is 2. The number of amides is 1. The van der Waals surface area contributed by atoms with Crippen molar-refractivity contribution in [1.82, 2.24) is 19.6 Å². The van der Waals surface area contributed by atoms with E-state index in [0.717, 1.165) is 24.8 Å². The van der Waals surface area contributed by atoms with Gasteiger partial charge in [0.25, 0.3) is 0 Å². The molecule has 0 spiro atoms. The summed E-state index contributed by atoms with van der Waals surface area (Å²) < 4.78 is 0. The molecule has 1 fully saturated rings. The minimum absolute atomic E-state index is 0.0678. The van der Waals surface area contributed by atoms with Crippen LogP contribution in [0, 0.1) is 0 Å². The van der Waals surface area contributed by atoms with Crippen LogP contribution in [0.3, 0.4) is 0 Å². The highest BCUT2D eigenvalue weighted by molar-refractivity contribution is 5.90. The van der Waals surface area contributed by atoms with Gasteiger partial charge in [-0.05, 0) is 43.5 Å². The highest BCUT2D eigenvalue weighted by Crippen LogP contribution is 2.16. The fourth-order valence-electron chi connectivity index (χ4n) is 5.27. The largest absolute Gasteiger partial charge is 0.480 e. The first-order chi connectivity index (χ1) is 21.2. The fourth-order valence-corrected chi connectivity index (χ4v) is 5.27. The molecule has 0 aromatic heterocycles. The van der Waals surface area contributed by atoms with Gasteiger partial charge in [-0.1, -0.05) is 18.6 Å². The standard InChI is InChI=1S/C29H50N6O9/c30-9-3-1-2-4-27(36)31-25-7-5-24(6-8-25)20-26-21-34(22-28(37)38)13-12-32(16-18-43-41)10-11-33(17-19-44-42)14-15-35(26)23-29(39)40/h5-8,26,41-42H,1-4,9-23,30H2,(H,31,36)(H,37,38)(H,39,40). The molecule has 1 heterocycles. The normalized spacial score (nSPS) is 18.4. The number of anilines is 1. The third-order valence-corrected chi connectivity index (χ3v) is 7.67. The van der Waals surface area contributed by atoms with Gasteiger partial charge in [0.15, 0.2) is 0 Å². The van der Waals surface area contributed by atoms with Crippen molar-refractivity contribution in [3.05, 3.63) is 29.8 Å². The molecule has 15 nitrogen and oxygen atoms in total. The number of carbonyl (C=O) groups is 3. The van der Waals surface area contributed by atoms with Crippen molar-refractivity contribution in [1.29, 1.82) is 0 Å². The van der Waals surface area contributed by atoms with Gasteiger partial charge < -0.3 is 21.3 Å². The molecule has 1 aliphatic heterocycles. The molecule has 0 radical (unpaired) electrons. The van der Waals surface area contributed by atoms with E-state index in [9.17, 15) is 24.6 Å². The lowest BCUT2D eigenvalue weighted by atomic mass is 10.0. The summed E-state index contributed by atoms with van der Waals surface area (Å²) in [6.07, 6.45) is 3.43. The van der Waals surface area contributed by atoms with Crippen LogP contribution < -0.4 is 11.1 Å². The van der Waals surface area contributed by atoms with Crippen molar-refractivity contribution < 1.29 is 44.9 Å². The van der Waals surface area contributed by atoms with Crippen molar-refractivity contribution in [3.8, 4) is 0 Å².